The maximum atomic E-state index is 12.7. The average molecular weight is 360 g/mol. The Kier molecular flexibility index (Phi) is 6.49. The number of nitrogens with zero attached hydrogens (tertiary/aromatic N) is 1. The van der Waals surface area contributed by atoms with Gasteiger partial charge in [-0.1, -0.05) is 39.3 Å². The van der Waals surface area contributed by atoms with Crippen molar-refractivity contribution in [2.24, 2.45) is 5.92 Å². The number of imide groups is 1. The summed E-state index contributed by atoms with van der Waals surface area (Å²) in [4.78, 5) is 50.6. The fraction of sp³-hybridized carbons (Fsp3) is 0.474. The second kappa shape index (κ2) is 8.60. The molecule has 0 fully saturated rings. The maximum absolute atomic E-state index is 12.7. The highest BCUT2D eigenvalue weighted by molar-refractivity contribution is 6.22. The molecule has 1 heterocycles. The van der Waals surface area contributed by atoms with E-state index in [0.717, 1.165) is 11.3 Å². The molecular weight excluding hydrogens is 336 g/mol. The maximum Gasteiger partial charge on any atom is 0.330 e. The van der Waals surface area contributed by atoms with Gasteiger partial charge in [0.15, 0.2) is 6.61 Å². The Morgan fingerprint density at radius 1 is 1.12 bits per heavy atom. The number of hydrogen-bond acceptors (Lipinski definition) is 5. The van der Waals surface area contributed by atoms with Crippen molar-refractivity contribution in [2.75, 3.05) is 13.2 Å². The van der Waals surface area contributed by atoms with Gasteiger partial charge in [0.1, 0.15) is 6.04 Å². The number of nitrogens with one attached hydrogen (secondary N) is 1. The molecule has 0 spiro atoms. The van der Waals surface area contributed by atoms with E-state index in [4.69, 9.17) is 4.74 Å². The van der Waals surface area contributed by atoms with E-state index >= 15 is 0 Å². The normalized spacial score (nSPS) is 15.4. The predicted octanol–water partition coefficient (Wildman–Crippen LogP) is 1.77. The minimum Gasteiger partial charge on any atom is -0.454 e. The van der Waals surface area contributed by atoms with Crippen LogP contribution in [-0.2, 0) is 14.3 Å². The lowest BCUT2D eigenvalue weighted by Crippen LogP contribution is -2.49. The zero-order valence-electron chi connectivity index (χ0n) is 15.3. The van der Waals surface area contributed by atoms with Gasteiger partial charge in [-0.2, -0.15) is 0 Å². The van der Waals surface area contributed by atoms with E-state index < -0.39 is 36.3 Å². The van der Waals surface area contributed by atoms with Crippen molar-refractivity contribution in [3.05, 3.63) is 35.4 Å². The Hall–Kier alpha value is -2.70. The first-order valence-corrected chi connectivity index (χ1v) is 8.82. The molecule has 140 valence electrons. The standard InChI is InChI=1S/C19H24N2O5/c1-4-10-20-15(22)11-26-19(25)16(12(3)5-2)21-17(23)13-8-6-7-9-14(13)18(21)24/h6-9,12,16H,4-5,10-11H2,1-3H3,(H,20,22)/t12-,16-/m0/s1. The summed E-state index contributed by atoms with van der Waals surface area (Å²) in [7, 11) is 0. The molecule has 2 atom stereocenters. The molecule has 0 bridgehead atoms. The molecule has 1 aliphatic rings. The third-order valence-corrected chi connectivity index (χ3v) is 4.45. The fourth-order valence-corrected chi connectivity index (χ4v) is 2.81. The molecule has 7 heteroatoms. The van der Waals surface area contributed by atoms with Crippen molar-refractivity contribution in [3.8, 4) is 0 Å². The predicted molar refractivity (Wildman–Crippen MR) is 94.4 cm³/mol. The van der Waals surface area contributed by atoms with Gasteiger partial charge in [0.05, 0.1) is 11.1 Å². The molecule has 0 aliphatic carbocycles. The smallest absolute Gasteiger partial charge is 0.330 e. The molecule has 0 aromatic heterocycles. The summed E-state index contributed by atoms with van der Waals surface area (Å²) >= 11 is 0. The highest BCUT2D eigenvalue weighted by atomic mass is 16.5. The molecule has 1 aromatic carbocycles. The number of carbonyl (C=O) groups is 4. The summed E-state index contributed by atoms with van der Waals surface area (Å²) in [5.74, 6) is -2.49. The largest absolute Gasteiger partial charge is 0.454 e. The minimum absolute atomic E-state index is 0.277. The molecule has 2 rings (SSSR count). The van der Waals surface area contributed by atoms with Crippen LogP contribution >= 0.6 is 0 Å². The van der Waals surface area contributed by atoms with Crippen molar-refractivity contribution in [2.45, 2.75) is 39.7 Å². The highest BCUT2D eigenvalue weighted by Gasteiger charge is 2.45. The van der Waals surface area contributed by atoms with Gasteiger partial charge in [-0.15, -0.1) is 0 Å². The lowest BCUT2D eigenvalue weighted by molar-refractivity contribution is -0.153. The summed E-state index contributed by atoms with van der Waals surface area (Å²) in [6, 6.07) is 5.40. The number of rotatable bonds is 8. The number of ether oxygens (including phenoxy) is 1. The molecule has 0 saturated carbocycles. The van der Waals surface area contributed by atoms with Gasteiger partial charge < -0.3 is 10.1 Å². The lowest BCUT2D eigenvalue weighted by atomic mass is 9.97. The van der Waals surface area contributed by atoms with Crippen molar-refractivity contribution >= 4 is 23.7 Å². The Balaban J connectivity index is 2.18. The van der Waals surface area contributed by atoms with Gasteiger partial charge in [0, 0.05) is 6.54 Å². The SMILES string of the molecule is CCCNC(=O)COC(=O)[C@H]([C@@H](C)CC)N1C(=O)c2ccccc2C1=O. The van der Waals surface area contributed by atoms with Crippen LogP contribution in [0.3, 0.4) is 0 Å². The van der Waals surface area contributed by atoms with Gasteiger partial charge in [-0.3, -0.25) is 19.3 Å². The van der Waals surface area contributed by atoms with Crippen LogP contribution < -0.4 is 5.32 Å². The summed E-state index contributed by atoms with van der Waals surface area (Å²) in [5.41, 5.74) is 0.554. The molecule has 1 aromatic rings. The third kappa shape index (κ3) is 3.92. The van der Waals surface area contributed by atoms with Crippen LogP contribution in [0.5, 0.6) is 0 Å². The molecule has 1 N–H and O–H groups in total. The first kappa shape index (κ1) is 19.6. The molecular formula is C19H24N2O5. The Morgan fingerprint density at radius 2 is 1.69 bits per heavy atom. The van der Waals surface area contributed by atoms with Crippen LogP contribution in [-0.4, -0.2) is 47.8 Å². The second-order valence-corrected chi connectivity index (χ2v) is 6.31. The number of esters is 1. The zero-order valence-corrected chi connectivity index (χ0v) is 15.3. The average Bonchev–Trinajstić information content (AvgIpc) is 2.90. The van der Waals surface area contributed by atoms with E-state index in [9.17, 15) is 19.2 Å². The van der Waals surface area contributed by atoms with Crippen LogP contribution in [0.4, 0.5) is 0 Å². The van der Waals surface area contributed by atoms with E-state index in [0.29, 0.717) is 13.0 Å². The van der Waals surface area contributed by atoms with Crippen LogP contribution in [0.25, 0.3) is 0 Å². The second-order valence-electron chi connectivity index (χ2n) is 6.31. The van der Waals surface area contributed by atoms with E-state index in [-0.39, 0.29) is 17.0 Å². The van der Waals surface area contributed by atoms with Gasteiger partial charge in [0.25, 0.3) is 17.7 Å². The molecule has 26 heavy (non-hydrogen) atoms. The number of amides is 3. The van der Waals surface area contributed by atoms with Crippen molar-refractivity contribution in [1.82, 2.24) is 10.2 Å². The lowest BCUT2D eigenvalue weighted by Gasteiger charge is -2.28. The van der Waals surface area contributed by atoms with E-state index in [1.165, 1.54) is 0 Å². The summed E-state index contributed by atoms with van der Waals surface area (Å²) < 4.78 is 5.10. The van der Waals surface area contributed by atoms with Crippen molar-refractivity contribution in [1.29, 1.82) is 0 Å². The van der Waals surface area contributed by atoms with Crippen LogP contribution in [0, 0.1) is 5.92 Å². The van der Waals surface area contributed by atoms with E-state index in [1.54, 1.807) is 31.2 Å². The minimum atomic E-state index is -1.06. The summed E-state index contributed by atoms with van der Waals surface area (Å²) in [5, 5.41) is 2.61. The monoisotopic (exact) mass is 360 g/mol. The fourth-order valence-electron chi connectivity index (χ4n) is 2.81. The molecule has 0 radical (unpaired) electrons. The number of carbonyl (C=O) groups excluding carboxylic acids is 4. The Labute approximate surface area is 152 Å². The van der Waals surface area contributed by atoms with Crippen LogP contribution in [0.2, 0.25) is 0 Å². The topological polar surface area (TPSA) is 92.8 Å². The molecule has 7 nitrogen and oxygen atoms in total. The molecule has 1 aliphatic heterocycles. The molecule has 0 unspecified atom stereocenters. The summed E-state index contributed by atoms with van der Waals surface area (Å²) in [6.07, 6.45) is 1.33. The molecule has 0 saturated heterocycles. The first-order chi connectivity index (χ1) is 12.4. The van der Waals surface area contributed by atoms with Crippen LogP contribution in [0.1, 0.15) is 54.3 Å². The van der Waals surface area contributed by atoms with Crippen molar-refractivity contribution < 1.29 is 23.9 Å². The first-order valence-electron chi connectivity index (χ1n) is 8.82. The quantitative estimate of drug-likeness (QED) is 0.563. The van der Waals surface area contributed by atoms with Crippen molar-refractivity contribution in [3.63, 3.8) is 0 Å². The highest BCUT2D eigenvalue weighted by Crippen LogP contribution is 2.28. The number of benzene rings is 1. The summed E-state index contributed by atoms with van der Waals surface area (Å²) in [6.45, 7) is 5.59. The van der Waals surface area contributed by atoms with Gasteiger partial charge in [-0.25, -0.2) is 4.79 Å². The molecule has 3 amide bonds. The van der Waals surface area contributed by atoms with Gasteiger partial charge in [-0.05, 0) is 24.5 Å². The van der Waals surface area contributed by atoms with Gasteiger partial charge in [0.2, 0.25) is 0 Å². The van der Waals surface area contributed by atoms with E-state index in [1.807, 2.05) is 13.8 Å². The van der Waals surface area contributed by atoms with Crippen LogP contribution in [0.15, 0.2) is 24.3 Å². The third-order valence-electron chi connectivity index (χ3n) is 4.45. The Bertz CT molecular complexity index is 681. The number of fused-ring (bicyclic) bond motifs is 1. The van der Waals surface area contributed by atoms with E-state index in [2.05, 4.69) is 5.32 Å². The zero-order chi connectivity index (χ0) is 19.3. The Morgan fingerprint density at radius 3 is 2.19 bits per heavy atom. The van der Waals surface area contributed by atoms with Gasteiger partial charge >= 0.3 is 5.97 Å². The number of hydrogen-bond donors (Lipinski definition) is 1.